The molecule has 0 aliphatic carbocycles. The van der Waals surface area contributed by atoms with Gasteiger partial charge in [0.25, 0.3) is 0 Å². The van der Waals surface area contributed by atoms with Crippen molar-refractivity contribution in [3.8, 4) is 11.4 Å². The summed E-state index contributed by atoms with van der Waals surface area (Å²) in [6.07, 6.45) is 2.77. The van der Waals surface area contributed by atoms with E-state index >= 15 is 0 Å². The lowest BCUT2D eigenvalue weighted by Crippen LogP contribution is -2.19. The van der Waals surface area contributed by atoms with Gasteiger partial charge in [0.05, 0.1) is 23.7 Å². The van der Waals surface area contributed by atoms with Gasteiger partial charge in [-0.2, -0.15) is 0 Å². The number of aliphatic hydroxyl groups is 1. The fourth-order valence-corrected chi connectivity index (χ4v) is 3.21. The van der Waals surface area contributed by atoms with E-state index < -0.39 is 6.23 Å². The zero-order valence-electron chi connectivity index (χ0n) is 17.1. The number of aromatic amines is 1. The Morgan fingerprint density at radius 3 is 2.70 bits per heavy atom. The van der Waals surface area contributed by atoms with Crippen LogP contribution in [0.3, 0.4) is 0 Å². The van der Waals surface area contributed by atoms with Crippen molar-refractivity contribution in [2.75, 3.05) is 26.5 Å². The number of anilines is 2. The number of H-pyrrole nitrogens is 1. The topological polar surface area (TPSA) is 99.2 Å². The van der Waals surface area contributed by atoms with Crippen LogP contribution in [-0.2, 0) is 11.3 Å². The van der Waals surface area contributed by atoms with Crippen molar-refractivity contribution in [2.24, 2.45) is 0 Å². The molecule has 30 heavy (non-hydrogen) atoms. The molecule has 3 N–H and O–H groups in total. The molecule has 0 radical (unpaired) electrons. The third-order valence-electron chi connectivity index (χ3n) is 4.72. The Bertz CT molecular complexity index is 1160. The molecule has 0 aliphatic heterocycles. The van der Waals surface area contributed by atoms with Gasteiger partial charge in [-0.1, -0.05) is 0 Å². The fourth-order valence-electron chi connectivity index (χ4n) is 3.21. The van der Waals surface area contributed by atoms with E-state index in [4.69, 9.17) is 4.74 Å². The SMILES string of the molecule is COCc1ccnc(-c2ccnc(Nc3ccc4[nH]c(C(O)N(C)C)cc4c3)n2)c1. The van der Waals surface area contributed by atoms with Gasteiger partial charge in [0.15, 0.2) is 0 Å². The monoisotopic (exact) mass is 404 g/mol. The van der Waals surface area contributed by atoms with Crippen LogP contribution in [0.15, 0.2) is 54.9 Å². The van der Waals surface area contributed by atoms with Crippen LogP contribution in [0, 0.1) is 0 Å². The first kappa shape index (κ1) is 20.0. The highest BCUT2D eigenvalue weighted by atomic mass is 16.5. The largest absolute Gasteiger partial charge is 0.380 e. The lowest BCUT2D eigenvalue weighted by molar-refractivity contribution is 0.0364. The summed E-state index contributed by atoms with van der Waals surface area (Å²) in [7, 11) is 5.32. The molecule has 0 fully saturated rings. The smallest absolute Gasteiger partial charge is 0.227 e. The molecule has 0 spiro atoms. The van der Waals surface area contributed by atoms with Gasteiger partial charge in [0.1, 0.15) is 6.23 Å². The Morgan fingerprint density at radius 2 is 1.90 bits per heavy atom. The summed E-state index contributed by atoms with van der Waals surface area (Å²) in [6.45, 7) is 0.521. The van der Waals surface area contributed by atoms with Crippen LogP contribution in [-0.4, -0.2) is 51.1 Å². The van der Waals surface area contributed by atoms with E-state index in [2.05, 4.69) is 25.3 Å². The molecule has 0 aliphatic rings. The van der Waals surface area contributed by atoms with Crippen molar-refractivity contribution in [3.05, 3.63) is 66.1 Å². The minimum absolute atomic E-state index is 0.481. The molecule has 154 valence electrons. The van der Waals surface area contributed by atoms with Gasteiger partial charge in [0, 0.05) is 36.1 Å². The van der Waals surface area contributed by atoms with Crippen molar-refractivity contribution in [1.29, 1.82) is 0 Å². The Morgan fingerprint density at radius 1 is 1.07 bits per heavy atom. The molecule has 3 heterocycles. The van der Waals surface area contributed by atoms with Crippen LogP contribution in [0.5, 0.6) is 0 Å². The van der Waals surface area contributed by atoms with E-state index in [1.165, 1.54) is 0 Å². The molecule has 1 atom stereocenters. The lowest BCUT2D eigenvalue weighted by atomic mass is 10.2. The quantitative estimate of drug-likeness (QED) is 0.406. The predicted molar refractivity (Wildman–Crippen MR) is 116 cm³/mol. The van der Waals surface area contributed by atoms with Crippen LogP contribution in [0.4, 0.5) is 11.6 Å². The number of aromatic nitrogens is 4. The first-order chi connectivity index (χ1) is 14.5. The van der Waals surface area contributed by atoms with Crippen LogP contribution >= 0.6 is 0 Å². The van der Waals surface area contributed by atoms with Gasteiger partial charge in [-0.3, -0.25) is 9.88 Å². The minimum atomic E-state index is -0.685. The molecule has 0 saturated carbocycles. The van der Waals surface area contributed by atoms with E-state index in [1.807, 2.05) is 56.6 Å². The van der Waals surface area contributed by atoms with Crippen LogP contribution in [0.2, 0.25) is 0 Å². The molecule has 0 amide bonds. The molecule has 3 aromatic heterocycles. The Kier molecular flexibility index (Phi) is 5.71. The summed E-state index contributed by atoms with van der Waals surface area (Å²) < 4.78 is 5.19. The zero-order valence-corrected chi connectivity index (χ0v) is 17.1. The second kappa shape index (κ2) is 8.58. The van der Waals surface area contributed by atoms with E-state index in [9.17, 15) is 5.11 Å². The number of fused-ring (bicyclic) bond motifs is 1. The first-order valence-electron chi connectivity index (χ1n) is 9.55. The summed E-state index contributed by atoms with van der Waals surface area (Å²) in [4.78, 5) is 18.3. The van der Waals surface area contributed by atoms with Gasteiger partial charge < -0.3 is 20.1 Å². The molecule has 0 saturated heterocycles. The van der Waals surface area contributed by atoms with Crippen LogP contribution in [0.25, 0.3) is 22.3 Å². The molecular formula is C22H24N6O2. The van der Waals surface area contributed by atoms with Crippen molar-refractivity contribution in [1.82, 2.24) is 24.8 Å². The molecular weight excluding hydrogens is 380 g/mol. The van der Waals surface area contributed by atoms with E-state index in [-0.39, 0.29) is 0 Å². The maximum absolute atomic E-state index is 10.2. The average Bonchev–Trinajstić information content (AvgIpc) is 3.17. The Balaban J connectivity index is 1.58. The number of rotatable bonds is 7. The lowest BCUT2D eigenvalue weighted by Gasteiger charge is -2.16. The third-order valence-corrected chi connectivity index (χ3v) is 4.72. The summed E-state index contributed by atoms with van der Waals surface area (Å²) in [5, 5.41) is 14.5. The minimum Gasteiger partial charge on any atom is -0.380 e. The van der Waals surface area contributed by atoms with Gasteiger partial charge >= 0.3 is 0 Å². The molecule has 1 unspecified atom stereocenters. The second-order valence-electron chi connectivity index (χ2n) is 7.24. The van der Waals surface area contributed by atoms with Crippen molar-refractivity contribution in [3.63, 3.8) is 0 Å². The highest BCUT2D eigenvalue weighted by molar-refractivity contribution is 5.84. The van der Waals surface area contributed by atoms with Crippen LogP contribution < -0.4 is 5.32 Å². The standard InChI is InChI=1S/C22H24N6O2/c1-28(2)21(29)20-12-15-11-16(4-5-17(15)26-20)25-22-24-9-7-18(27-22)19-10-14(13-30-3)6-8-23-19/h4-12,21,26,29H,13H2,1-3H3,(H,24,25,27). The highest BCUT2D eigenvalue weighted by Gasteiger charge is 2.13. The maximum atomic E-state index is 10.2. The number of pyridine rings is 1. The van der Waals surface area contributed by atoms with Crippen molar-refractivity contribution >= 4 is 22.5 Å². The Hall–Kier alpha value is -3.33. The van der Waals surface area contributed by atoms with Crippen LogP contribution in [0.1, 0.15) is 17.5 Å². The molecule has 8 heteroatoms. The van der Waals surface area contributed by atoms with Gasteiger partial charge in [-0.05, 0) is 62.1 Å². The molecule has 4 aromatic rings. The zero-order chi connectivity index (χ0) is 21.1. The van der Waals surface area contributed by atoms with Gasteiger partial charge in [-0.15, -0.1) is 0 Å². The molecule has 8 nitrogen and oxygen atoms in total. The average molecular weight is 404 g/mol. The van der Waals surface area contributed by atoms with Crippen molar-refractivity contribution in [2.45, 2.75) is 12.8 Å². The number of nitrogens with zero attached hydrogens (tertiary/aromatic N) is 4. The summed E-state index contributed by atoms with van der Waals surface area (Å²) >= 11 is 0. The maximum Gasteiger partial charge on any atom is 0.227 e. The number of nitrogens with one attached hydrogen (secondary N) is 2. The number of benzene rings is 1. The van der Waals surface area contributed by atoms with E-state index in [1.54, 1.807) is 24.4 Å². The third kappa shape index (κ3) is 4.30. The molecule has 1 aromatic carbocycles. The van der Waals surface area contributed by atoms with Crippen molar-refractivity contribution < 1.29 is 9.84 Å². The number of methoxy groups -OCH3 is 1. The summed E-state index contributed by atoms with van der Waals surface area (Å²) in [5.74, 6) is 0.481. The number of hydrogen-bond acceptors (Lipinski definition) is 7. The molecule has 0 bridgehead atoms. The second-order valence-corrected chi connectivity index (χ2v) is 7.24. The first-order valence-corrected chi connectivity index (χ1v) is 9.55. The summed E-state index contributed by atoms with van der Waals surface area (Å²) in [6, 6.07) is 13.5. The number of ether oxygens (including phenoxy) is 1. The van der Waals surface area contributed by atoms with Gasteiger partial charge in [-0.25, -0.2) is 9.97 Å². The normalized spacial score (nSPS) is 12.4. The van der Waals surface area contributed by atoms with E-state index in [0.717, 1.165) is 39.2 Å². The van der Waals surface area contributed by atoms with E-state index in [0.29, 0.717) is 12.6 Å². The highest BCUT2D eigenvalue weighted by Crippen LogP contribution is 2.25. The summed E-state index contributed by atoms with van der Waals surface area (Å²) in [5.41, 5.74) is 5.07. The Labute approximate surface area is 174 Å². The fraction of sp³-hybridized carbons (Fsp3) is 0.227. The molecule has 4 rings (SSSR count). The number of aliphatic hydroxyl groups excluding tert-OH is 1. The van der Waals surface area contributed by atoms with Gasteiger partial charge in [0.2, 0.25) is 5.95 Å². The number of hydrogen-bond donors (Lipinski definition) is 3. The predicted octanol–water partition coefficient (Wildman–Crippen LogP) is 3.46.